The average Bonchev–Trinajstić information content (AvgIpc) is 3.33. The van der Waals surface area contributed by atoms with E-state index in [1.165, 1.54) is 5.56 Å². The molecule has 0 spiro atoms. The van der Waals surface area contributed by atoms with Gasteiger partial charge in [0.15, 0.2) is 0 Å². The van der Waals surface area contributed by atoms with Crippen LogP contribution in [0.2, 0.25) is 0 Å². The second-order valence-electron chi connectivity index (χ2n) is 8.21. The number of carboxylic acids is 1. The molecule has 5 nitrogen and oxygen atoms in total. The summed E-state index contributed by atoms with van der Waals surface area (Å²) in [6.45, 7) is 2.73. The summed E-state index contributed by atoms with van der Waals surface area (Å²) in [5, 5.41) is 12.3. The Bertz CT molecular complexity index is 733. The van der Waals surface area contributed by atoms with Gasteiger partial charge >= 0.3 is 5.97 Å². The predicted octanol–water partition coefficient (Wildman–Crippen LogP) is 5.35. The van der Waals surface area contributed by atoms with E-state index in [1.807, 2.05) is 12.1 Å². The summed E-state index contributed by atoms with van der Waals surface area (Å²) >= 11 is 5.34. The van der Waals surface area contributed by atoms with Crippen LogP contribution in [0.3, 0.4) is 0 Å². The van der Waals surface area contributed by atoms with E-state index in [9.17, 15) is 4.79 Å². The van der Waals surface area contributed by atoms with Crippen LogP contribution in [-0.2, 0) is 20.7 Å². The quantitative estimate of drug-likeness (QED) is 0.280. The van der Waals surface area contributed by atoms with Gasteiger partial charge in [-0.05, 0) is 86.7 Å². The molecule has 1 aromatic rings. The molecule has 4 atom stereocenters. The number of aryl methyl sites for hydroxylation is 1. The maximum Gasteiger partial charge on any atom is 0.303 e. The molecule has 164 valence electrons. The summed E-state index contributed by atoms with van der Waals surface area (Å²) < 4.78 is 12.0. The molecule has 3 rings (SSSR count). The van der Waals surface area contributed by atoms with E-state index in [2.05, 4.69) is 36.5 Å². The highest BCUT2D eigenvalue weighted by molar-refractivity contribution is 7.80. The van der Waals surface area contributed by atoms with Crippen molar-refractivity contribution in [2.24, 2.45) is 11.8 Å². The molecule has 2 fully saturated rings. The van der Waals surface area contributed by atoms with Gasteiger partial charge in [0.2, 0.25) is 0 Å². The fourth-order valence-corrected chi connectivity index (χ4v) is 4.81. The third-order valence-corrected chi connectivity index (χ3v) is 6.44. The van der Waals surface area contributed by atoms with Crippen LogP contribution in [0.1, 0.15) is 57.4 Å². The van der Waals surface area contributed by atoms with Crippen LogP contribution in [-0.4, -0.2) is 35.1 Å². The zero-order chi connectivity index (χ0) is 21.3. The monoisotopic (exact) mass is 431 g/mol. The van der Waals surface area contributed by atoms with Crippen LogP contribution in [0, 0.1) is 11.8 Å². The molecular formula is C24H33NO4S. The molecule has 30 heavy (non-hydrogen) atoms. The Morgan fingerprint density at radius 2 is 1.97 bits per heavy atom. The van der Waals surface area contributed by atoms with Gasteiger partial charge < -0.3 is 19.9 Å². The molecule has 0 unspecified atom stereocenters. The van der Waals surface area contributed by atoms with E-state index in [1.54, 1.807) is 0 Å². The molecule has 0 aliphatic carbocycles. The number of ether oxygens (including phenoxy) is 2. The first kappa shape index (κ1) is 22.8. The van der Waals surface area contributed by atoms with Crippen molar-refractivity contribution < 1.29 is 19.4 Å². The van der Waals surface area contributed by atoms with Gasteiger partial charge in [0, 0.05) is 12.1 Å². The van der Waals surface area contributed by atoms with Gasteiger partial charge in [0.05, 0.1) is 18.8 Å². The summed E-state index contributed by atoms with van der Waals surface area (Å²) in [6, 6.07) is 8.24. The van der Waals surface area contributed by atoms with Crippen molar-refractivity contribution in [1.82, 2.24) is 0 Å². The van der Waals surface area contributed by atoms with E-state index >= 15 is 0 Å². The van der Waals surface area contributed by atoms with Crippen molar-refractivity contribution in [1.29, 1.82) is 0 Å². The van der Waals surface area contributed by atoms with Crippen LogP contribution in [0.4, 0.5) is 5.69 Å². The number of benzene rings is 1. The molecule has 0 aromatic heterocycles. The first-order valence-corrected chi connectivity index (χ1v) is 11.5. The van der Waals surface area contributed by atoms with Crippen LogP contribution >= 0.6 is 12.2 Å². The van der Waals surface area contributed by atoms with Gasteiger partial charge in [0.1, 0.15) is 0 Å². The standard InChI is InChI=1S/C24H33NO4S/c1-2-17-9-11-18(12-10-17)25-24(30)28-16-15-20-19(21-13-14-22(20)29-21)7-5-3-4-6-8-23(26)27/h3,5,9-12,19-22H,2,4,6-8,13-16H2,1H3,(H,25,30)(H,26,27)/t19-,20-,21-,22+/m1/s1. The number of hydrogen-bond acceptors (Lipinski definition) is 4. The Morgan fingerprint density at radius 1 is 1.23 bits per heavy atom. The highest BCUT2D eigenvalue weighted by Crippen LogP contribution is 2.46. The first-order valence-electron chi connectivity index (χ1n) is 11.1. The maximum atomic E-state index is 10.6. The Balaban J connectivity index is 1.40. The minimum Gasteiger partial charge on any atom is -0.481 e. The van der Waals surface area contributed by atoms with Gasteiger partial charge in [-0.3, -0.25) is 4.79 Å². The number of allylic oxidation sites excluding steroid dienone is 2. The normalized spacial score (nSPS) is 25.0. The summed E-state index contributed by atoms with van der Waals surface area (Å²) in [5.74, 6) is 0.292. The number of thiocarbonyl (C=S) groups is 1. The number of hydrogen-bond donors (Lipinski definition) is 2. The Labute approximate surface area is 184 Å². The molecular weight excluding hydrogens is 398 g/mol. The molecule has 2 bridgehead atoms. The molecule has 0 amide bonds. The summed E-state index contributed by atoms with van der Waals surface area (Å²) in [5.41, 5.74) is 2.25. The number of aliphatic carboxylic acids is 1. The summed E-state index contributed by atoms with van der Waals surface area (Å²) in [7, 11) is 0. The van der Waals surface area contributed by atoms with E-state index in [4.69, 9.17) is 26.8 Å². The molecule has 0 saturated carbocycles. The van der Waals surface area contributed by atoms with E-state index in [0.29, 0.717) is 42.2 Å². The van der Waals surface area contributed by atoms with Crippen molar-refractivity contribution in [3.05, 3.63) is 42.0 Å². The summed E-state index contributed by atoms with van der Waals surface area (Å²) in [4.78, 5) is 10.6. The second kappa shape index (κ2) is 11.5. The third-order valence-electron chi connectivity index (χ3n) is 6.22. The van der Waals surface area contributed by atoms with Crippen LogP contribution < -0.4 is 5.32 Å². The SMILES string of the molecule is CCc1ccc(NC(=S)OCC[C@@H]2[C@@H](CC=CCCCC(=O)O)[C@H]3CC[C@@H]2O3)cc1. The lowest BCUT2D eigenvalue weighted by molar-refractivity contribution is -0.137. The first-order chi connectivity index (χ1) is 14.6. The second-order valence-corrected chi connectivity index (χ2v) is 8.58. The Morgan fingerprint density at radius 3 is 2.67 bits per heavy atom. The minimum absolute atomic E-state index is 0.234. The lowest BCUT2D eigenvalue weighted by Gasteiger charge is -2.27. The fourth-order valence-electron chi connectivity index (χ4n) is 4.60. The number of carbonyl (C=O) groups is 1. The van der Waals surface area contributed by atoms with Gasteiger partial charge in [0.25, 0.3) is 5.17 Å². The van der Waals surface area contributed by atoms with Crippen molar-refractivity contribution in [3.63, 3.8) is 0 Å². The van der Waals surface area contributed by atoms with Crippen molar-refractivity contribution in [2.45, 2.75) is 70.5 Å². The number of fused-ring (bicyclic) bond motifs is 2. The zero-order valence-electron chi connectivity index (χ0n) is 17.7. The van der Waals surface area contributed by atoms with Crippen LogP contribution in [0.25, 0.3) is 0 Å². The number of rotatable bonds is 11. The molecule has 2 heterocycles. The highest BCUT2D eigenvalue weighted by Gasteiger charge is 2.47. The molecule has 2 saturated heterocycles. The number of carboxylic acid groups (broad SMARTS) is 1. The van der Waals surface area contributed by atoms with Gasteiger partial charge in [-0.2, -0.15) is 0 Å². The lowest BCUT2D eigenvalue weighted by Crippen LogP contribution is -2.28. The average molecular weight is 432 g/mol. The largest absolute Gasteiger partial charge is 0.481 e. The molecule has 1 aromatic carbocycles. The van der Waals surface area contributed by atoms with Crippen molar-refractivity contribution in [3.8, 4) is 0 Å². The van der Waals surface area contributed by atoms with Gasteiger partial charge in [-0.15, -0.1) is 0 Å². The summed E-state index contributed by atoms with van der Waals surface area (Å²) in [6.07, 6.45) is 12.0. The number of nitrogens with one attached hydrogen (secondary N) is 1. The Kier molecular flexibility index (Phi) is 8.70. The van der Waals surface area contributed by atoms with E-state index < -0.39 is 5.97 Å². The molecule has 6 heteroatoms. The molecule has 0 radical (unpaired) electrons. The minimum atomic E-state index is -0.727. The Hall–Kier alpha value is -1.92. The number of anilines is 1. The van der Waals surface area contributed by atoms with E-state index in [0.717, 1.165) is 44.2 Å². The fraction of sp³-hybridized carbons (Fsp3) is 0.583. The smallest absolute Gasteiger partial charge is 0.303 e. The highest BCUT2D eigenvalue weighted by atomic mass is 32.1. The molecule has 2 aliphatic rings. The van der Waals surface area contributed by atoms with Crippen LogP contribution in [0.5, 0.6) is 0 Å². The van der Waals surface area contributed by atoms with Crippen molar-refractivity contribution >= 4 is 29.0 Å². The number of unbranched alkanes of at least 4 members (excludes halogenated alkanes) is 1. The molecule has 2 aliphatic heterocycles. The van der Waals surface area contributed by atoms with Gasteiger partial charge in [-0.1, -0.05) is 31.2 Å². The van der Waals surface area contributed by atoms with E-state index in [-0.39, 0.29) is 6.42 Å². The van der Waals surface area contributed by atoms with Crippen molar-refractivity contribution in [2.75, 3.05) is 11.9 Å². The predicted molar refractivity (Wildman–Crippen MR) is 123 cm³/mol. The van der Waals surface area contributed by atoms with Gasteiger partial charge in [-0.25, -0.2) is 0 Å². The van der Waals surface area contributed by atoms with Crippen LogP contribution in [0.15, 0.2) is 36.4 Å². The zero-order valence-corrected chi connectivity index (χ0v) is 18.5. The molecule has 2 N–H and O–H groups in total. The maximum absolute atomic E-state index is 10.6. The lowest BCUT2D eigenvalue weighted by atomic mass is 9.76. The third kappa shape index (κ3) is 6.54. The topological polar surface area (TPSA) is 67.8 Å².